The van der Waals surface area contributed by atoms with Gasteiger partial charge in [-0.2, -0.15) is 9.13 Å². The van der Waals surface area contributed by atoms with Gasteiger partial charge in [-0.05, 0) is 24.3 Å². The van der Waals surface area contributed by atoms with Gasteiger partial charge in [-0.25, -0.2) is 0 Å². The van der Waals surface area contributed by atoms with E-state index in [4.69, 9.17) is 10.2 Å². The van der Waals surface area contributed by atoms with Crippen LogP contribution >= 0.6 is 0 Å². The number of para-hydroxylation sites is 2. The van der Waals surface area contributed by atoms with Gasteiger partial charge >= 0.3 is 11.9 Å². The number of anilines is 2. The molecule has 0 unspecified atom stereocenters. The zero-order chi connectivity index (χ0) is 41.6. The summed E-state index contributed by atoms with van der Waals surface area (Å²) in [6.45, 7) is 1.37. The molecule has 0 radical (unpaired) electrons. The Balaban J connectivity index is 1.32. The van der Waals surface area contributed by atoms with Crippen LogP contribution < -0.4 is 30.4 Å². The van der Waals surface area contributed by atoms with Gasteiger partial charge in [0, 0.05) is 75.3 Å². The Labute approximate surface area is 336 Å². The molecule has 3 heterocycles. The molecule has 0 bridgehead atoms. The van der Waals surface area contributed by atoms with E-state index < -0.39 is 36.8 Å². The van der Waals surface area contributed by atoms with Crippen LogP contribution in [0.25, 0.3) is 21.8 Å². The molecule has 308 valence electrons. The number of carboxylic acids is 2. The number of hydrogen-bond donors (Lipinski definition) is 6. The number of pyridine rings is 2. The van der Waals surface area contributed by atoms with E-state index >= 15 is 0 Å². The lowest BCUT2D eigenvalue weighted by Gasteiger charge is -2.33. The molecule has 18 nitrogen and oxygen atoms in total. The predicted molar refractivity (Wildman–Crippen MR) is 215 cm³/mol. The van der Waals surface area contributed by atoms with Gasteiger partial charge in [0.05, 0.1) is 26.2 Å². The third kappa shape index (κ3) is 13.5. The monoisotopic (exact) mass is 800 g/mol. The molecule has 1 fully saturated rings. The van der Waals surface area contributed by atoms with Crippen molar-refractivity contribution in [2.75, 3.05) is 102 Å². The van der Waals surface area contributed by atoms with E-state index in [0.29, 0.717) is 63.7 Å². The number of aromatic nitrogens is 2. The SMILES string of the molecule is C[n+]1cc(NC(=O)CN2CCN(CC(=O)NCC(=O)O)CCN(CC(=O)Nc3cc4ccccc4[n+](C)c3)CCN(CC(=O)NCC(=O)O)CC2)cc2ccccc21. The molecule has 18 heteroatoms. The maximum atomic E-state index is 13.5. The fourth-order valence-corrected chi connectivity index (χ4v) is 6.85. The van der Waals surface area contributed by atoms with Crippen molar-refractivity contribution in [1.82, 2.24) is 30.2 Å². The molecule has 0 aliphatic carbocycles. The van der Waals surface area contributed by atoms with E-state index in [9.17, 15) is 28.8 Å². The molecule has 1 aliphatic heterocycles. The minimum absolute atomic E-state index is 0.00648. The summed E-state index contributed by atoms with van der Waals surface area (Å²) in [7, 11) is 3.80. The standard InChI is InChI=1S/C40H50N10O8/c1-45-23-31(19-29-7-3-5-9-33(29)45)43-37(53)27-49-15-11-47(25-35(51)41-21-39(55)56)13-17-50(18-14-48(12-16-49)26-36(52)42-22-40(57)58)28-38(54)44-32-20-30-8-4-6-10-34(30)46(2)24-32/h3-10,19-20,23-24H,11-18,21-22,25-28H2,1-2H3,(H4-2,41,42,43,44,51,52,53,54,55,56,57,58)/p+2. The number of rotatable bonds is 14. The summed E-state index contributed by atoms with van der Waals surface area (Å²) >= 11 is 0. The number of amides is 4. The maximum Gasteiger partial charge on any atom is 0.322 e. The minimum Gasteiger partial charge on any atom is -0.480 e. The lowest BCUT2D eigenvalue weighted by Crippen LogP contribution is -2.51. The number of aryl methyl sites for hydroxylation is 2. The lowest BCUT2D eigenvalue weighted by molar-refractivity contribution is -0.644. The topological polar surface area (TPSA) is 212 Å². The van der Waals surface area contributed by atoms with Crippen LogP contribution in [-0.2, 0) is 42.9 Å². The van der Waals surface area contributed by atoms with E-state index in [-0.39, 0.29) is 38.0 Å². The number of nitrogens with one attached hydrogen (secondary N) is 4. The molecule has 5 rings (SSSR count). The van der Waals surface area contributed by atoms with Crippen LogP contribution in [0, 0.1) is 0 Å². The summed E-state index contributed by atoms with van der Waals surface area (Å²) in [4.78, 5) is 82.5. The second-order valence-corrected chi connectivity index (χ2v) is 14.3. The van der Waals surface area contributed by atoms with E-state index in [1.54, 1.807) is 0 Å². The average Bonchev–Trinajstić information content (AvgIpc) is 3.17. The number of carboxylic acid groups (broad SMARTS) is 2. The van der Waals surface area contributed by atoms with Crippen molar-refractivity contribution < 1.29 is 48.1 Å². The molecule has 0 spiro atoms. The largest absolute Gasteiger partial charge is 0.480 e. The summed E-state index contributed by atoms with van der Waals surface area (Å²) in [5.41, 5.74) is 3.24. The number of fused-ring (bicyclic) bond motifs is 2. The van der Waals surface area contributed by atoms with Gasteiger partial charge in [0.2, 0.25) is 34.7 Å². The van der Waals surface area contributed by atoms with Gasteiger partial charge in [0.25, 0.3) is 0 Å². The van der Waals surface area contributed by atoms with Gasteiger partial charge in [-0.15, -0.1) is 0 Å². The first-order valence-corrected chi connectivity index (χ1v) is 19.0. The number of benzene rings is 2. The van der Waals surface area contributed by atoms with Gasteiger partial charge in [0.15, 0.2) is 12.4 Å². The molecular formula is C40H52N10O8+2. The van der Waals surface area contributed by atoms with Crippen LogP contribution in [0.2, 0.25) is 0 Å². The van der Waals surface area contributed by atoms with E-state index in [1.807, 2.05) is 116 Å². The van der Waals surface area contributed by atoms with E-state index in [2.05, 4.69) is 21.3 Å². The number of nitrogens with zero attached hydrogens (tertiary/aromatic N) is 6. The Hall–Kier alpha value is -6.08. The Bertz CT molecular complexity index is 1970. The number of carbonyl (C=O) groups excluding carboxylic acids is 4. The van der Waals surface area contributed by atoms with Crippen LogP contribution in [0.4, 0.5) is 11.4 Å². The van der Waals surface area contributed by atoms with Crippen LogP contribution in [0.1, 0.15) is 0 Å². The normalized spacial score (nSPS) is 15.2. The first kappa shape index (κ1) is 43.1. The lowest BCUT2D eigenvalue weighted by atomic mass is 10.2. The van der Waals surface area contributed by atoms with Gasteiger partial charge in [0.1, 0.15) is 38.6 Å². The molecule has 1 aliphatic rings. The first-order chi connectivity index (χ1) is 27.8. The third-order valence-corrected chi connectivity index (χ3v) is 9.76. The number of hydrogen-bond acceptors (Lipinski definition) is 10. The van der Waals surface area contributed by atoms with Crippen molar-refractivity contribution in [3.05, 3.63) is 73.1 Å². The van der Waals surface area contributed by atoms with Crippen molar-refractivity contribution in [1.29, 1.82) is 0 Å². The number of aliphatic carboxylic acids is 2. The smallest absolute Gasteiger partial charge is 0.322 e. The second-order valence-electron chi connectivity index (χ2n) is 14.3. The van der Waals surface area contributed by atoms with Crippen molar-refractivity contribution in [2.24, 2.45) is 14.1 Å². The van der Waals surface area contributed by atoms with Crippen LogP contribution in [0.3, 0.4) is 0 Å². The van der Waals surface area contributed by atoms with Crippen molar-refractivity contribution >= 4 is 68.7 Å². The summed E-state index contributed by atoms with van der Waals surface area (Å²) in [5.74, 6) is -3.83. The third-order valence-electron chi connectivity index (χ3n) is 9.76. The average molecular weight is 801 g/mol. The highest BCUT2D eigenvalue weighted by Crippen LogP contribution is 2.16. The Morgan fingerprint density at radius 2 is 0.828 bits per heavy atom. The first-order valence-electron chi connectivity index (χ1n) is 19.0. The number of carbonyl (C=O) groups is 6. The molecule has 58 heavy (non-hydrogen) atoms. The second kappa shape index (κ2) is 20.9. The van der Waals surface area contributed by atoms with Crippen LogP contribution in [0.5, 0.6) is 0 Å². The molecule has 4 amide bonds. The van der Waals surface area contributed by atoms with Crippen molar-refractivity contribution in [3.8, 4) is 0 Å². The van der Waals surface area contributed by atoms with Crippen molar-refractivity contribution in [3.63, 3.8) is 0 Å². The molecule has 0 atom stereocenters. The summed E-state index contributed by atoms with van der Waals surface area (Å²) in [5, 5.41) is 30.9. The molecule has 1 saturated heterocycles. The zero-order valence-corrected chi connectivity index (χ0v) is 32.9. The van der Waals surface area contributed by atoms with Gasteiger partial charge in [-0.3, -0.25) is 48.4 Å². The Morgan fingerprint density at radius 3 is 1.16 bits per heavy atom. The van der Waals surface area contributed by atoms with Crippen LogP contribution in [-0.4, -0.2) is 157 Å². The summed E-state index contributed by atoms with van der Waals surface area (Å²) in [6.07, 6.45) is 3.67. The van der Waals surface area contributed by atoms with Gasteiger partial charge < -0.3 is 31.5 Å². The predicted octanol–water partition coefficient (Wildman–Crippen LogP) is -1.16. The molecule has 0 saturated carbocycles. The highest BCUT2D eigenvalue weighted by Gasteiger charge is 2.23. The molecule has 6 N–H and O–H groups in total. The van der Waals surface area contributed by atoms with E-state index in [0.717, 1.165) is 21.8 Å². The quantitative estimate of drug-likeness (QED) is 0.0835. The van der Waals surface area contributed by atoms with E-state index in [1.165, 1.54) is 0 Å². The molecule has 2 aromatic carbocycles. The molecular weight excluding hydrogens is 749 g/mol. The Kier molecular flexibility index (Phi) is 15.5. The fraction of sp³-hybridized carbons (Fsp3) is 0.400. The summed E-state index contributed by atoms with van der Waals surface area (Å²) < 4.78 is 3.86. The maximum absolute atomic E-state index is 13.5. The molecule has 4 aromatic rings. The fourth-order valence-electron chi connectivity index (χ4n) is 6.85. The van der Waals surface area contributed by atoms with Crippen molar-refractivity contribution in [2.45, 2.75) is 0 Å². The zero-order valence-electron chi connectivity index (χ0n) is 32.9. The molecule has 2 aromatic heterocycles. The van der Waals surface area contributed by atoms with Crippen LogP contribution in [0.15, 0.2) is 73.1 Å². The highest BCUT2D eigenvalue weighted by molar-refractivity contribution is 5.94. The summed E-state index contributed by atoms with van der Waals surface area (Å²) in [6, 6.07) is 19.4. The highest BCUT2D eigenvalue weighted by atomic mass is 16.4. The Morgan fingerprint density at radius 1 is 0.517 bits per heavy atom. The van der Waals surface area contributed by atoms with Gasteiger partial charge in [-0.1, -0.05) is 24.3 Å². The minimum atomic E-state index is -1.17.